The summed E-state index contributed by atoms with van der Waals surface area (Å²) in [6.45, 7) is 1.18. The molecule has 0 amide bonds. The molecule has 4 nitrogen and oxygen atoms in total. The molecule has 3 rings (SSSR count). The van der Waals surface area contributed by atoms with Gasteiger partial charge in [-0.1, -0.05) is 60.7 Å². The summed E-state index contributed by atoms with van der Waals surface area (Å²) in [5.74, 6) is 1.29. The Balaban J connectivity index is 1.49. The van der Waals surface area contributed by atoms with Crippen LogP contribution in [0.2, 0.25) is 0 Å². The second kappa shape index (κ2) is 9.28. The van der Waals surface area contributed by atoms with E-state index in [4.69, 9.17) is 10.5 Å². The Labute approximate surface area is 154 Å². The standard InChI is InChI=1S/C22H23N3O/c23-22(25-20-11-5-2-6-12-20)24-15-14-18-10-7-13-21(16-18)26-17-19-8-3-1-4-9-19/h1-13,16H,14-15,17H2,(H3,23,24,25). The zero-order chi connectivity index (χ0) is 18.0. The van der Waals surface area contributed by atoms with Crippen LogP contribution in [0, 0.1) is 0 Å². The van der Waals surface area contributed by atoms with Crippen molar-refractivity contribution in [2.75, 3.05) is 11.9 Å². The maximum atomic E-state index is 5.93. The van der Waals surface area contributed by atoms with Crippen LogP contribution in [0.1, 0.15) is 11.1 Å². The van der Waals surface area contributed by atoms with Crippen molar-refractivity contribution in [3.05, 3.63) is 96.1 Å². The number of ether oxygens (including phenoxy) is 1. The first-order valence-electron chi connectivity index (χ1n) is 8.67. The van der Waals surface area contributed by atoms with Crippen molar-refractivity contribution >= 4 is 11.6 Å². The van der Waals surface area contributed by atoms with Crippen molar-refractivity contribution in [3.8, 4) is 5.75 Å². The van der Waals surface area contributed by atoms with Gasteiger partial charge in [-0.2, -0.15) is 0 Å². The summed E-state index contributed by atoms with van der Waals surface area (Å²) in [4.78, 5) is 4.38. The van der Waals surface area contributed by atoms with Gasteiger partial charge < -0.3 is 15.8 Å². The van der Waals surface area contributed by atoms with Crippen molar-refractivity contribution in [3.63, 3.8) is 0 Å². The summed E-state index contributed by atoms with van der Waals surface area (Å²) in [6, 6.07) is 28.0. The zero-order valence-corrected chi connectivity index (χ0v) is 14.6. The number of hydrogen-bond donors (Lipinski definition) is 2. The molecule has 3 aromatic carbocycles. The van der Waals surface area contributed by atoms with Crippen LogP contribution in [0.5, 0.6) is 5.75 Å². The van der Waals surface area contributed by atoms with Gasteiger partial charge in [-0.15, -0.1) is 0 Å². The minimum atomic E-state index is 0.424. The van der Waals surface area contributed by atoms with E-state index in [9.17, 15) is 0 Å². The van der Waals surface area contributed by atoms with E-state index in [2.05, 4.69) is 34.6 Å². The molecule has 0 bridgehead atoms. The van der Waals surface area contributed by atoms with Gasteiger partial charge in [-0.05, 0) is 41.8 Å². The molecule has 0 saturated heterocycles. The lowest BCUT2D eigenvalue weighted by Gasteiger charge is -2.08. The Morgan fingerprint density at radius 2 is 1.54 bits per heavy atom. The number of nitrogens with two attached hydrogens (primary N) is 1. The molecule has 0 heterocycles. The number of nitrogens with one attached hydrogen (secondary N) is 1. The molecule has 132 valence electrons. The SMILES string of the molecule is NC(=NCCc1cccc(OCc2ccccc2)c1)Nc1ccccc1. The minimum Gasteiger partial charge on any atom is -0.489 e. The van der Waals surface area contributed by atoms with Crippen LogP contribution in [-0.4, -0.2) is 12.5 Å². The van der Waals surface area contributed by atoms with Gasteiger partial charge in [0.1, 0.15) is 12.4 Å². The first kappa shape index (κ1) is 17.5. The van der Waals surface area contributed by atoms with Crippen LogP contribution >= 0.6 is 0 Å². The topological polar surface area (TPSA) is 59.6 Å². The number of aliphatic imine (C=N–C) groups is 1. The zero-order valence-electron chi connectivity index (χ0n) is 14.6. The van der Waals surface area contributed by atoms with Crippen LogP contribution in [0.25, 0.3) is 0 Å². The molecule has 26 heavy (non-hydrogen) atoms. The fraction of sp³-hybridized carbons (Fsp3) is 0.136. The highest BCUT2D eigenvalue weighted by Gasteiger charge is 1.99. The predicted molar refractivity (Wildman–Crippen MR) is 107 cm³/mol. The van der Waals surface area contributed by atoms with Gasteiger partial charge in [-0.25, -0.2) is 0 Å². The Morgan fingerprint density at radius 1 is 0.846 bits per heavy atom. The average molecular weight is 345 g/mol. The number of hydrogen-bond acceptors (Lipinski definition) is 2. The maximum absolute atomic E-state index is 5.93. The molecule has 0 atom stereocenters. The summed E-state index contributed by atoms with van der Waals surface area (Å²) in [5.41, 5.74) is 9.19. The van der Waals surface area contributed by atoms with Crippen molar-refractivity contribution in [1.82, 2.24) is 0 Å². The molecular formula is C22H23N3O. The van der Waals surface area contributed by atoms with Crippen molar-refractivity contribution in [1.29, 1.82) is 0 Å². The highest BCUT2D eigenvalue weighted by molar-refractivity contribution is 5.92. The second-order valence-corrected chi connectivity index (χ2v) is 5.93. The van der Waals surface area contributed by atoms with Gasteiger partial charge in [0.2, 0.25) is 0 Å². The molecule has 0 aromatic heterocycles. The van der Waals surface area contributed by atoms with Crippen LogP contribution in [0.4, 0.5) is 5.69 Å². The summed E-state index contributed by atoms with van der Waals surface area (Å²) in [6.07, 6.45) is 0.805. The second-order valence-electron chi connectivity index (χ2n) is 5.93. The molecule has 0 fully saturated rings. The van der Waals surface area contributed by atoms with Gasteiger partial charge in [-0.3, -0.25) is 4.99 Å². The number of guanidine groups is 1. The highest BCUT2D eigenvalue weighted by atomic mass is 16.5. The van der Waals surface area contributed by atoms with Crippen molar-refractivity contribution in [2.24, 2.45) is 10.7 Å². The molecule has 0 saturated carbocycles. The number of anilines is 1. The van der Waals surface area contributed by atoms with Crippen LogP contribution < -0.4 is 15.8 Å². The first-order valence-corrected chi connectivity index (χ1v) is 8.67. The van der Waals surface area contributed by atoms with E-state index in [0.29, 0.717) is 19.1 Å². The van der Waals surface area contributed by atoms with Crippen molar-refractivity contribution < 1.29 is 4.74 Å². The number of para-hydroxylation sites is 1. The molecule has 0 aliphatic heterocycles. The Kier molecular flexibility index (Phi) is 6.26. The van der Waals surface area contributed by atoms with Gasteiger partial charge in [0.05, 0.1) is 0 Å². The maximum Gasteiger partial charge on any atom is 0.193 e. The van der Waals surface area contributed by atoms with E-state index in [1.54, 1.807) is 0 Å². The third kappa shape index (κ3) is 5.67. The fourth-order valence-corrected chi connectivity index (χ4v) is 2.55. The minimum absolute atomic E-state index is 0.424. The molecule has 0 aliphatic carbocycles. The van der Waals surface area contributed by atoms with E-state index >= 15 is 0 Å². The number of nitrogens with zero attached hydrogens (tertiary/aromatic N) is 1. The van der Waals surface area contributed by atoms with E-state index in [0.717, 1.165) is 23.4 Å². The molecule has 4 heteroatoms. The number of benzene rings is 3. The summed E-state index contributed by atoms with van der Waals surface area (Å²) < 4.78 is 5.87. The van der Waals surface area contributed by atoms with Gasteiger partial charge in [0, 0.05) is 12.2 Å². The largest absolute Gasteiger partial charge is 0.489 e. The predicted octanol–water partition coefficient (Wildman–Crippen LogP) is 4.23. The lowest BCUT2D eigenvalue weighted by Crippen LogP contribution is -2.23. The van der Waals surface area contributed by atoms with E-state index in [1.165, 1.54) is 5.56 Å². The van der Waals surface area contributed by atoms with Crippen LogP contribution in [-0.2, 0) is 13.0 Å². The van der Waals surface area contributed by atoms with E-state index < -0.39 is 0 Å². The lowest BCUT2D eigenvalue weighted by atomic mass is 10.1. The molecule has 0 radical (unpaired) electrons. The highest BCUT2D eigenvalue weighted by Crippen LogP contribution is 2.15. The van der Waals surface area contributed by atoms with Gasteiger partial charge >= 0.3 is 0 Å². The fourth-order valence-electron chi connectivity index (χ4n) is 2.55. The smallest absolute Gasteiger partial charge is 0.193 e. The molecule has 0 unspecified atom stereocenters. The first-order chi connectivity index (χ1) is 12.8. The summed E-state index contributed by atoms with van der Waals surface area (Å²) >= 11 is 0. The molecule has 0 spiro atoms. The van der Waals surface area contributed by atoms with Crippen LogP contribution in [0.15, 0.2) is 89.9 Å². The van der Waals surface area contributed by atoms with E-state index in [-0.39, 0.29) is 0 Å². The molecule has 3 N–H and O–H groups in total. The quantitative estimate of drug-likeness (QED) is 0.497. The number of rotatable bonds is 7. The third-order valence-electron chi connectivity index (χ3n) is 3.88. The van der Waals surface area contributed by atoms with Crippen molar-refractivity contribution in [2.45, 2.75) is 13.0 Å². The Bertz CT molecular complexity index is 832. The third-order valence-corrected chi connectivity index (χ3v) is 3.88. The average Bonchev–Trinajstić information content (AvgIpc) is 2.68. The molecule has 0 aliphatic rings. The monoisotopic (exact) mass is 345 g/mol. The Hall–Kier alpha value is -3.27. The molecule has 3 aromatic rings. The Morgan fingerprint density at radius 3 is 2.31 bits per heavy atom. The van der Waals surface area contributed by atoms with Crippen LogP contribution in [0.3, 0.4) is 0 Å². The van der Waals surface area contributed by atoms with E-state index in [1.807, 2.05) is 60.7 Å². The summed E-state index contributed by atoms with van der Waals surface area (Å²) in [7, 11) is 0. The lowest BCUT2D eigenvalue weighted by molar-refractivity contribution is 0.306. The van der Waals surface area contributed by atoms with Gasteiger partial charge in [0.25, 0.3) is 0 Å². The normalized spacial score (nSPS) is 11.2. The van der Waals surface area contributed by atoms with Gasteiger partial charge in [0.15, 0.2) is 5.96 Å². The summed E-state index contributed by atoms with van der Waals surface area (Å²) in [5, 5.41) is 3.08. The molecular weight excluding hydrogens is 322 g/mol.